The van der Waals surface area contributed by atoms with Crippen molar-refractivity contribution in [1.29, 1.82) is 0 Å². The largest absolute Gasteiger partial charge is 0.456 e. The molecule has 0 saturated carbocycles. The summed E-state index contributed by atoms with van der Waals surface area (Å²) in [6.07, 6.45) is -0.313. The molecular weight excluding hydrogens is 378 g/mol. The Balaban J connectivity index is 1.84. The lowest BCUT2D eigenvalue weighted by Gasteiger charge is -2.13. The Morgan fingerprint density at radius 3 is 2.32 bits per heavy atom. The number of hydrogen-bond acceptors (Lipinski definition) is 5. The van der Waals surface area contributed by atoms with Crippen molar-refractivity contribution in [3.05, 3.63) is 59.7 Å². The number of esters is 1. The molecule has 0 spiro atoms. The number of aryl methyl sites for hydroxylation is 1. The zero-order valence-corrected chi connectivity index (χ0v) is 17.1. The summed E-state index contributed by atoms with van der Waals surface area (Å²) in [7, 11) is -3.58. The fraction of sp³-hybridized carbons (Fsp3) is 0.333. The third-order valence-electron chi connectivity index (χ3n) is 4.18. The van der Waals surface area contributed by atoms with E-state index in [2.05, 4.69) is 5.32 Å². The van der Waals surface area contributed by atoms with Gasteiger partial charge in [-0.3, -0.25) is 9.59 Å². The van der Waals surface area contributed by atoms with E-state index in [-0.39, 0.29) is 23.0 Å². The van der Waals surface area contributed by atoms with Crippen molar-refractivity contribution in [3.63, 3.8) is 0 Å². The van der Waals surface area contributed by atoms with Gasteiger partial charge in [0.2, 0.25) is 0 Å². The van der Waals surface area contributed by atoms with Crippen molar-refractivity contribution >= 4 is 27.4 Å². The Morgan fingerprint density at radius 1 is 1.04 bits per heavy atom. The van der Waals surface area contributed by atoms with E-state index in [0.29, 0.717) is 5.69 Å². The van der Waals surface area contributed by atoms with Crippen LogP contribution in [-0.4, -0.2) is 32.7 Å². The van der Waals surface area contributed by atoms with E-state index in [4.69, 9.17) is 4.74 Å². The number of amides is 1. The van der Waals surface area contributed by atoms with Gasteiger partial charge in [0, 0.05) is 5.69 Å². The lowest BCUT2D eigenvalue weighted by molar-refractivity contribution is -0.146. The molecule has 0 aromatic heterocycles. The fourth-order valence-corrected chi connectivity index (χ4v) is 3.82. The summed E-state index contributed by atoms with van der Waals surface area (Å²) >= 11 is 0. The van der Waals surface area contributed by atoms with Crippen LogP contribution in [0.25, 0.3) is 0 Å². The summed E-state index contributed by atoms with van der Waals surface area (Å²) in [5.41, 5.74) is 2.59. The highest BCUT2D eigenvalue weighted by atomic mass is 32.2. The molecule has 0 aliphatic heterocycles. The average Bonchev–Trinajstić information content (AvgIpc) is 2.65. The molecule has 2 aromatic rings. The molecule has 6 nitrogen and oxygen atoms in total. The maximum atomic E-state index is 12.2. The molecular formula is C21H25NO5S. The number of sulfone groups is 1. The topological polar surface area (TPSA) is 89.5 Å². The molecule has 150 valence electrons. The molecule has 2 rings (SSSR count). The summed E-state index contributed by atoms with van der Waals surface area (Å²) in [4.78, 5) is 24.0. The zero-order valence-electron chi connectivity index (χ0n) is 16.3. The van der Waals surface area contributed by atoms with Gasteiger partial charge in [-0.25, -0.2) is 8.42 Å². The summed E-state index contributed by atoms with van der Waals surface area (Å²) in [6.45, 7) is 5.42. The molecule has 28 heavy (non-hydrogen) atoms. The zero-order chi connectivity index (χ0) is 20.7. The van der Waals surface area contributed by atoms with Crippen molar-refractivity contribution in [2.24, 2.45) is 0 Å². The summed E-state index contributed by atoms with van der Waals surface area (Å²) in [5.74, 6) is -1.34. The Hall–Kier alpha value is -2.67. The molecule has 0 atom stereocenters. The third-order valence-corrected chi connectivity index (χ3v) is 5.91. The molecule has 0 bridgehead atoms. The monoisotopic (exact) mass is 403 g/mol. The number of ether oxygens (including phenoxy) is 1. The van der Waals surface area contributed by atoms with Gasteiger partial charge in [0.15, 0.2) is 16.4 Å². The van der Waals surface area contributed by atoms with E-state index in [1.807, 2.05) is 39.0 Å². The van der Waals surface area contributed by atoms with Crippen LogP contribution >= 0.6 is 0 Å². The molecule has 7 heteroatoms. The van der Waals surface area contributed by atoms with E-state index in [9.17, 15) is 18.0 Å². The van der Waals surface area contributed by atoms with E-state index >= 15 is 0 Å². The number of carbonyl (C=O) groups excluding carboxylic acids is 2. The van der Waals surface area contributed by atoms with Crippen LogP contribution in [0.2, 0.25) is 0 Å². The molecule has 0 unspecified atom stereocenters. The van der Waals surface area contributed by atoms with Gasteiger partial charge in [0.25, 0.3) is 5.91 Å². The van der Waals surface area contributed by atoms with Crippen molar-refractivity contribution < 1.29 is 22.7 Å². The Bertz CT molecular complexity index is 934. The highest BCUT2D eigenvalue weighted by Gasteiger charge is 2.18. The number of anilines is 1. The quantitative estimate of drug-likeness (QED) is 0.682. The fourth-order valence-electron chi connectivity index (χ4n) is 2.60. The highest BCUT2D eigenvalue weighted by molar-refractivity contribution is 7.91. The number of hydrogen-bond donors (Lipinski definition) is 1. The minimum atomic E-state index is -3.58. The lowest BCUT2D eigenvalue weighted by atomic mass is 10.0. The summed E-state index contributed by atoms with van der Waals surface area (Å²) in [5, 5.41) is 2.72. The van der Waals surface area contributed by atoms with Crippen LogP contribution in [0.15, 0.2) is 53.4 Å². The Labute approximate surface area is 165 Å². The van der Waals surface area contributed by atoms with Crippen LogP contribution in [-0.2, 0) is 24.2 Å². The third kappa shape index (κ3) is 6.20. The van der Waals surface area contributed by atoms with Crippen molar-refractivity contribution in [2.75, 3.05) is 17.7 Å². The normalized spacial score (nSPS) is 11.3. The Kier molecular flexibility index (Phi) is 7.34. The van der Waals surface area contributed by atoms with Crippen LogP contribution in [0.1, 0.15) is 37.3 Å². The smallest absolute Gasteiger partial charge is 0.307 e. The predicted octanol–water partition coefficient (Wildman–Crippen LogP) is 3.46. The number of benzene rings is 2. The first-order valence-electron chi connectivity index (χ1n) is 9.03. The predicted molar refractivity (Wildman–Crippen MR) is 108 cm³/mol. The van der Waals surface area contributed by atoms with Crippen LogP contribution in [0, 0.1) is 6.92 Å². The number of para-hydroxylation sites is 1. The number of nitrogens with one attached hydrogen (secondary N) is 1. The van der Waals surface area contributed by atoms with Crippen LogP contribution in [0.3, 0.4) is 0 Å². The second-order valence-corrected chi connectivity index (χ2v) is 8.94. The molecule has 2 aromatic carbocycles. The second kappa shape index (κ2) is 9.50. The minimum Gasteiger partial charge on any atom is -0.456 e. The van der Waals surface area contributed by atoms with Gasteiger partial charge in [0.05, 0.1) is 17.1 Å². The first kappa shape index (κ1) is 21.6. The number of carbonyl (C=O) groups is 2. The Morgan fingerprint density at radius 2 is 1.68 bits per heavy atom. The van der Waals surface area contributed by atoms with Gasteiger partial charge in [-0.2, -0.15) is 0 Å². The van der Waals surface area contributed by atoms with E-state index in [1.54, 1.807) is 18.2 Å². The first-order chi connectivity index (χ1) is 13.2. The molecule has 1 amide bonds. The highest BCUT2D eigenvalue weighted by Crippen LogP contribution is 2.23. The van der Waals surface area contributed by atoms with Crippen LogP contribution in [0.5, 0.6) is 0 Å². The molecule has 1 N–H and O–H groups in total. The maximum Gasteiger partial charge on any atom is 0.307 e. The maximum absolute atomic E-state index is 12.2. The lowest BCUT2D eigenvalue weighted by Crippen LogP contribution is -2.22. The first-order valence-corrected chi connectivity index (χ1v) is 10.7. The van der Waals surface area contributed by atoms with Crippen molar-refractivity contribution in [2.45, 2.75) is 38.0 Å². The van der Waals surface area contributed by atoms with Crippen LogP contribution < -0.4 is 5.32 Å². The molecule has 0 aliphatic rings. The van der Waals surface area contributed by atoms with E-state index in [1.165, 1.54) is 12.1 Å². The molecule has 0 aliphatic carbocycles. The van der Waals surface area contributed by atoms with Crippen molar-refractivity contribution in [3.8, 4) is 0 Å². The molecule has 0 heterocycles. The van der Waals surface area contributed by atoms with E-state index in [0.717, 1.165) is 11.1 Å². The SMILES string of the molecule is Cc1ccc(S(=O)(=O)CCC(=O)OCC(=O)Nc2ccccc2C(C)C)cc1. The standard InChI is InChI=1S/C21H25NO5S/c1-15(2)18-6-4-5-7-19(18)22-20(23)14-27-21(24)12-13-28(25,26)17-10-8-16(3)9-11-17/h4-11,15H,12-14H2,1-3H3,(H,22,23). The van der Waals surface area contributed by atoms with Crippen LogP contribution in [0.4, 0.5) is 5.69 Å². The van der Waals surface area contributed by atoms with Crippen molar-refractivity contribution in [1.82, 2.24) is 0 Å². The average molecular weight is 404 g/mol. The van der Waals surface area contributed by atoms with Gasteiger partial charge >= 0.3 is 5.97 Å². The van der Waals surface area contributed by atoms with Gasteiger partial charge in [-0.05, 0) is 36.6 Å². The summed E-state index contributed by atoms with van der Waals surface area (Å²) < 4.78 is 29.4. The molecule has 0 saturated heterocycles. The molecule has 0 radical (unpaired) electrons. The van der Waals surface area contributed by atoms with E-state index < -0.39 is 28.3 Å². The summed E-state index contributed by atoms with van der Waals surface area (Å²) in [6, 6.07) is 13.8. The minimum absolute atomic E-state index is 0.161. The van der Waals surface area contributed by atoms with Gasteiger partial charge in [0.1, 0.15) is 0 Å². The van der Waals surface area contributed by atoms with Gasteiger partial charge in [-0.1, -0.05) is 49.7 Å². The van der Waals surface area contributed by atoms with Gasteiger partial charge in [-0.15, -0.1) is 0 Å². The number of rotatable bonds is 8. The van der Waals surface area contributed by atoms with Gasteiger partial charge < -0.3 is 10.1 Å². The molecule has 0 fully saturated rings. The second-order valence-electron chi connectivity index (χ2n) is 6.83.